The van der Waals surface area contributed by atoms with Crippen LogP contribution in [0.2, 0.25) is 0 Å². The van der Waals surface area contributed by atoms with Crippen molar-refractivity contribution < 1.29 is 4.79 Å². The van der Waals surface area contributed by atoms with E-state index < -0.39 is 0 Å². The van der Waals surface area contributed by atoms with Crippen LogP contribution in [0.3, 0.4) is 0 Å². The topological polar surface area (TPSA) is 58.4 Å². The van der Waals surface area contributed by atoms with Crippen LogP contribution in [0.4, 0.5) is 10.7 Å². The molecule has 0 aliphatic carbocycles. The zero-order valence-electron chi connectivity index (χ0n) is 12.7. The SMILES string of the molecule is C=CCNC(=O)c1sc(N2CCCC(CC)CC2)cc1N. The van der Waals surface area contributed by atoms with Crippen LogP contribution in [0.15, 0.2) is 18.7 Å². The Kier molecular flexibility index (Phi) is 5.67. The normalized spacial score (nSPS) is 19.1. The van der Waals surface area contributed by atoms with E-state index in [-0.39, 0.29) is 5.91 Å². The number of nitrogens with one attached hydrogen (secondary N) is 1. The van der Waals surface area contributed by atoms with Crippen molar-refractivity contribution in [3.05, 3.63) is 23.6 Å². The van der Waals surface area contributed by atoms with E-state index in [1.165, 1.54) is 37.0 Å². The second-order valence-electron chi connectivity index (χ2n) is 5.56. The lowest BCUT2D eigenvalue weighted by molar-refractivity contribution is 0.0963. The van der Waals surface area contributed by atoms with Gasteiger partial charge in [-0.05, 0) is 31.2 Å². The van der Waals surface area contributed by atoms with Gasteiger partial charge in [0.15, 0.2) is 0 Å². The van der Waals surface area contributed by atoms with Gasteiger partial charge in [0, 0.05) is 19.6 Å². The summed E-state index contributed by atoms with van der Waals surface area (Å²) in [5, 5.41) is 3.91. The van der Waals surface area contributed by atoms with E-state index >= 15 is 0 Å². The number of nitrogens with two attached hydrogens (primary N) is 1. The van der Waals surface area contributed by atoms with Crippen molar-refractivity contribution in [1.82, 2.24) is 5.32 Å². The molecule has 1 aliphatic heterocycles. The van der Waals surface area contributed by atoms with Gasteiger partial charge in [-0.25, -0.2) is 0 Å². The van der Waals surface area contributed by atoms with Gasteiger partial charge in [0.2, 0.25) is 0 Å². The standard InChI is InChI=1S/C16H25N3OS/c1-3-8-18-16(20)15-13(17)11-14(21-15)19-9-5-6-12(4-2)7-10-19/h3,11-12H,1,4-10,17H2,2H3,(H,18,20). The lowest BCUT2D eigenvalue weighted by atomic mass is 9.98. The first-order chi connectivity index (χ1) is 10.2. The molecule has 1 fully saturated rings. The molecule has 1 aliphatic rings. The highest BCUT2D eigenvalue weighted by Crippen LogP contribution is 2.34. The van der Waals surface area contributed by atoms with E-state index in [9.17, 15) is 4.79 Å². The van der Waals surface area contributed by atoms with Gasteiger partial charge >= 0.3 is 0 Å². The molecular weight excluding hydrogens is 282 g/mol. The van der Waals surface area contributed by atoms with Crippen molar-refractivity contribution in [3.8, 4) is 0 Å². The Morgan fingerprint density at radius 2 is 2.38 bits per heavy atom. The maximum atomic E-state index is 12.0. The molecule has 5 heteroatoms. The van der Waals surface area contributed by atoms with Crippen LogP contribution in [-0.2, 0) is 0 Å². The average Bonchev–Trinajstić information content (AvgIpc) is 2.73. The number of carbonyl (C=O) groups excluding carboxylic acids is 1. The highest BCUT2D eigenvalue weighted by Gasteiger charge is 2.20. The molecule has 0 bridgehead atoms. The quantitative estimate of drug-likeness (QED) is 0.821. The minimum Gasteiger partial charge on any atom is -0.397 e. The van der Waals surface area contributed by atoms with Crippen LogP contribution in [0.1, 0.15) is 42.3 Å². The first kappa shape index (κ1) is 15.9. The number of nitrogens with zero attached hydrogens (tertiary/aromatic N) is 1. The van der Waals surface area contributed by atoms with E-state index in [0.29, 0.717) is 17.1 Å². The second-order valence-corrected chi connectivity index (χ2v) is 6.59. The van der Waals surface area contributed by atoms with Crippen LogP contribution in [0, 0.1) is 5.92 Å². The summed E-state index contributed by atoms with van der Waals surface area (Å²) in [6, 6.07) is 1.94. The molecule has 2 rings (SSSR count). The van der Waals surface area contributed by atoms with Gasteiger partial charge in [0.05, 0.1) is 10.7 Å². The summed E-state index contributed by atoms with van der Waals surface area (Å²) < 4.78 is 0. The molecule has 0 saturated carbocycles. The van der Waals surface area contributed by atoms with Crippen LogP contribution in [-0.4, -0.2) is 25.5 Å². The van der Waals surface area contributed by atoms with Crippen LogP contribution in [0.25, 0.3) is 0 Å². The summed E-state index contributed by atoms with van der Waals surface area (Å²) >= 11 is 1.50. The summed E-state index contributed by atoms with van der Waals surface area (Å²) in [6.45, 7) is 8.46. The molecule has 2 heterocycles. The Labute approximate surface area is 131 Å². The molecule has 1 aromatic rings. The zero-order valence-corrected chi connectivity index (χ0v) is 13.5. The molecule has 1 atom stereocenters. The highest BCUT2D eigenvalue weighted by atomic mass is 32.1. The third-order valence-electron chi connectivity index (χ3n) is 4.10. The number of anilines is 2. The van der Waals surface area contributed by atoms with Crippen molar-refractivity contribution in [2.45, 2.75) is 32.6 Å². The van der Waals surface area contributed by atoms with Crippen molar-refractivity contribution in [2.75, 3.05) is 30.3 Å². The van der Waals surface area contributed by atoms with E-state index in [1.807, 2.05) is 6.07 Å². The van der Waals surface area contributed by atoms with Gasteiger partial charge in [-0.3, -0.25) is 4.79 Å². The Balaban J connectivity index is 2.07. The molecule has 116 valence electrons. The summed E-state index contributed by atoms with van der Waals surface area (Å²) in [4.78, 5) is 15.0. The highest BCUT2D eigenvalue weighted by molar-refractivity contribution is 7.18. The van der Waals surface area contributed by atoms with Crippen molar-refractivity contribution in [1.29, 1.82) is 0 Å². The molecular formula is C16H25N3OS. The molecule has 1 amide bonds. The molecule has 0 aromatic carbocycles. The molecule has 1 aromatic heterocycles. The number of carbonyl (C=O) groups is 1. The van der Waals surface area contributed by atoms with Gasteiger partial charge in [0.25, 0.3) is 5.91 Å². The first-order valence-electron chi connectivity index (χ1n) is 7.69. The Hall–Kier alpha value is -1.49. The predicted octanol–water partition coefficient (Wildman–Crippen LogP) is 3.26. The maximum absolute atomic E-state index is 12.0. The van der Waals surface area contributed by atoms with E-state index in [2.05, 4.69) is 23.7 Å². The van der Waals surface area contributed by atoms with Crippen LogP contribution in [0.5, 0.6) is 0 Å². The monoisotopic (exact) mass is 307 g/mol. The molecule has 1 saturated heterocycles. The molecule has 4 nitrogen and oxygen atoms in total. The van der Waals surface area contributed by atoms with Gasteiger partial charge in [-0.2, -0.15) is 0 Å². The zero-order chi connectivity index (χ0) is 15.2. The van der Waals surface area contributed by atoms with Crippen LogP contribution >= 0.6 is 11.3 Å². The minimum absolute atomic E-state index is 0.107. The van der Waals surface area contributed by atoms with Gasteiger partial charge in [-0.15, -0.1) is 17.9 Å². The Morgan fingerprint density at radius 1 is 1.57 bits per heavy atom. The van der Waals surface area contributed by atoms with E-state index in [4.69, 9.17) is 5.73 Å². The summed E-state index contributed by atoms with van der Waals surface area (Å²) in [5.74, 6) is 0.729. The Morgan fingerprint density at radius 3 is 3.10 bits per heavy atom. The number of hydrogen-bond acceptors (Lipinski definition) is 4. The smallest absolute Gasteiger partial charge is 0.263 e. The number of thiophene rings is 1. The summed E-state index contributed by atoms with van der Waals surface area (Å²) in [5.41, 5.74) is 6.59. The third kappa shape index (κ3) is 4.00. The minimum atomic E-state index is -0.107. The number of rotatable bonds is 5. The number of hydrogen-bond donors (Lipinski definition) is 2. The van der Waals surface area contributed by atoms with Crippen molar-refractivity contribution >= 4 is 27.9 Å². The van der Waals surface area contributed by atoms with Crippen LogP contribution < -0.4 is 16.0 Å². The van der Waals surface area contributed by atoms with E-state index in [0.717, 1.165) is 24.0 Å². The molecule has 1 unspecified atom stereocenters. The van der Waals surface area contributed by atoms with Crippen molar-refractivity contribution in [3.63, 3.8) is 0 Å². The Bertz CT molecular complexity index is 498. The fraction of sp³-hybridized carbons (Fsp3) is 0.562. The number of nitrogen functional groups attached to an aromatic ring is 1. The number of amides is 1. The first-order valence-corrected chi connectivity index (χ1v) is 8.50. The molecule has 0 spiro atoms. The fourth-order valence-electron chi connectivity index (χ4n) is 2.76. The third-order valence-corrected chi connectivity index (χ3v) is 5.31. The summed E-state index contributed by atoms with van der Waals surface area (Å²) in [6.07, 6.45) is 6.68. The summed E-state index contributed by atoms with van der Waals surface area (Å²) in [7, 11) is 0. The lowest BCUT2D eigenvalue weighted by Crippen LogP contribution is -2.23. The fourth-order valence-corrected chi connectivity index (χ4v) is 3.81. The van der Waals surface area contributed by atoms with Crippen molar-refractivity contribution in [2.24, 2.45) is 5.92 Å². The van der Waals surface area contributed by atoms with E-state index in [1.54, 1.807) is 6.08 Å². The lowest BCUT2D eigenvalue weighted by Gasteiger charge is -2.20. The van der Waals surface area contributed by atoms with Gasteiger partial charge in [-0.1, -0.05) is 19.4 Å². The van der Waals surface area contributed by atoms with Gasteiger partial charge < -0.3 is 16.0 Å². The molecule has 21 heavy (non-hydrogen) atoms. The largest absolute Gasteiger partial charge is 0.397 e. The predicted molar refractivity (Wildman–Crippen MR) is 91.1 cm³/mol. The van der Waals surface area contributed by atoms with Gasteiger partial charge in [0.1, 0.15) is 4.88 Å². The molecule has 0 radical (unpaired) electrons. The average molecular weight is 307 g/mol. The second kappa shape index (κ2) is 7.50. The maximum Gasteiger partial charge on any atom is 0.263 e. The molecule has 3 N–H and O–H groups in total.